The van der Waals surface area contributed by atoms with Crippen LogP contribution in [0.15, 0.2) is 30.8 Å². The summed E-state index contributed by atoms with van der Waals surface area (Å²) >= 11 is 0. The third-order valence-electron chi connectivity index (χ3n) is 1.81. The molecule has 2 nitrogen and oxygen atoms in total. The van der Waals surface area contributed by atoms with Crippen LogP contribution in [-0.4, -0.2) is 19.0 Å². The van der Waals surface area contributed by atoms with Crippen molar-refractivity contribution < 1.29 is 0 Å². The maximum atomic E-state index is 5.77. The predicted molar refractivity (Wildman–Crippen MR) is 53.6 cm³/mol. The maximum absolute atomic E-state index is 5.77. The van der Waals surface area contributed by atoms with Crippen molar-refractivity contribution in [3.8, 4) is 0 Å². The van der Waals surface area contributed by atoms with Gasteiger partial charge in [0, 0.05) is 31.0 Å². The fraction of sp³-hybridized carbons (Fsp3) is 0.200. The van der Waals surface area contributed by atoms with E-state index in [2.05, 4.69) is 6.58 Å². The number of nitrogen functional groups attached to an aromatic ring is 1. The molecule has 1 rings (SSSR count). The molecule has 2 N–H and O–H groups in total. The van der Waals surface area contributed by atoms with Crippen LogP contribution in [-0.2, 0) is 0 Å². The predicted octanol–water partition coefficient (Wildman–Crippen LogP) is 1.80. The van der Waals surface area contributed by atoms with Crippen molar-refractivity contribution in [2.24, 2.45) is 0 Å². The van der Waals surface area contributed by atoms with Crippen LogP contribution >= 0.6 is 0 Å². The summed E-state index contributed by atoms with van der Waals surface area (Å²) in [6, 6.07) is 7.73. The van der Waals surface area contributed by atoms with Crippen molar-refractivity contribution in [1.29, 1.82) is 0 Å². The van der Waals surface area contributed by atoms with Gasteiger partial charge in [-0.1, -0.05) is 24.8 Å². The maximum Gasteiger partial charge on any atom is 0.0408 e. The minimum atomic E-state index is 0.774. The molecule has 12 heavy (non-hydrogen) atoms. The molecule has 0 aromatic heterocycles. The van der Waals surface area contributed by atoms with E-state index < -0.39 is 0 Å². The Morgan fingerprint density at radius 3 is 2.42 bits per heavy atom. The summed E-state index contributed by atoms with van der Waals surface area (Å²) in [7, 11) is 3.91. The molecule has 2 heteroatoms. The normalized spacial score (nSPS) is 9.50. The number of benzene rings is 1. The Morgan fingerprint density at radius 1 is 1.33 bits per heavy atom. The van der Waals surface area contributed by atoms with Gasteiger partial charge >= 0.3 is 0 Å². The summed E-state index contributed by atoms with van der Waals surface area (Å²) in [5.74, 6) is 0. The van der Waals surface area contributed by atoms with Crippen molar-refractivity contribution in [2.45, 2.75) is 0 Å². The van der Waals surface area contributed by atoms with E-state index in [9.17, 15) is 0 Å². The number of para-hydroxylation sites is 1. The zero-order valence-corrected chi connectivity index (χ0v) is 7.54. The Morgan fingerprint density at radius 2 is 1.92 bits per heavy atom. The van der Waals surface area contributed by atoms with E-state index in [1.807, 2.05) is 43.3 Å². The van der Waals surface area contributed by atoms with E-state index in [-0.39, 0.29) is 0 Å². The van der Waals surface area contributed by atoms with Crippen LogP contribution in [0.5, 0.6) is 0 Å². The van der Waals surface area contributed by atoms with Crippen LogP contribution in [0.25, 0.3) is 5.70 Å². The van der Waals surface area contributed by atoms with Gasteiger partial charge in [-0.2, -0.15) is 0 Å². The van der Waals surface area contributed by atoms with Gasteiger partial charge in [0.2, 0.25) is 0 Å². The Kier molecular flexibility index (Phi) is 2.38. The van der Waals surface area contributed by atoms with Crippen LogP contribution < -0.4 is 5.73 Å². The lowest BCUT2D eigenvalue weighted by Gasteiger charge is -2.17. The summed E-state index contributed by atoms with van der Waals surface area (Å²) in [4.78, 5) is 1.95. The van der Waals surface area contributed by atoms with Gasteiger partial charge in [0.05, 0.1) is 0 Å². The molecular formula is C10H14N2. The fourth-order valence-electron chi connectivity index (χ4n) is 1.00. The summed E-state index contributed by atoms with van der Waals surface area (Å²) in [5.41, 5.74) is 8.49. The van der Waals surface area contributed by atoms with E-state index in [0.717, 1.165) is 16.9 Å². The first-order chi connectivity index (χ1) is 5.63. The molecule has 0 saturated carbocycles. The highest BCUT2D eigenvalue weighted by Crippen LogP contribution is 2.20. The van der Waals surface area contributed by atoms with Crippen LogP contribution in [0.4, 0.5) is 5.69 Å². The molecule has 0 atom stereocenters. The second-order valence-electron chi connectivity index (χ2n) is 2.93. The summed E-state index contributed by atoms with van der Waals surface area (Å²) in [6.07, 6.45) is 0. The lowest BCUT2D eigenvalue weighted by Crippen LogP contribution is -2.10. The van der Waals surface area contributed by atoms with Gasteiger partial charge < -0.3 is 10.6 Å². The summed E-state index contributed by atoms with van der Waals surface area (Å²) in [6.45, 7) is 3.93. The molecule has 1 aromatic rings. The van der Waals surface area contributed by atoms with Crippen molar-refractivity contribution in [3.63, 3.8) is 0 Å². The summed E-state index contributed by atoms with van der Waals surface area (Å²) < 4.78 is 0. The lowest BCUT2D eigenvalue weighted by molar-refractivity contribution is 0.594. The smallest absolute Gasteiger partial charge is 0.0408 e. The fourth-order valence-corrected chi connectivity index (χ4v) is 1.00. The number of nitrogens with two attached hydrogens (primary N) is 1. The standard InChI is InChI=1S/C10H14N2/c1-8(12(2)3)9-6-4-5-7-10(9)11/h4-7H,1,11H2,2-3H3. The van der Waals surface area contributed by atoms with Crippen molar-refractivity contribution in [3.05, 3.63) is 36.4 Å². The van der Waals surface area contributed by atoms with E-state index in [1.54, 1.807) is 0 Å². The Labute approximate surface area is 73.3 Å². The first-order valence-corrected chi connectivity index (χ1v) is 3.84. The molecule has 0 aliphatic heterocycles. The molecular weight excluding hydrogens is 148 g/mol. The van der Waals surface area contributed by atoms with E-state index in [1.165, 1.54) is 0 Å². The quantitative estimate of drug-likeness (QED) is 0.672. The van der Waals surface area contributed by atoms with Crippen LogP contribution in [0, 0.1) is 0 Å². The lowest BCUT2D eigenvalue weighted by atomic mass is 10.1. The van der Waals surface area contributed by atoms with Gasteiger partial charge in [0.15, 0.2) is 0 Å². The molecule has 0 spiro atoms. The molecule has 0 aliphatic rings. The molecule has 0 aliphatic carbocycles. The highest BCUT2D eigenvalue weighted by atomic mass is 15.1. The Hall–Kier alpha value is -1.44. The molecule has 64 valence electrons. The van der Waals surface area contributed by atoms with Gasteiger partial charge in [0.1, 0.15) is 0 Å². The minimum absolute atomic E-state index is 0.774. The average Bonchev–Trinajstić information content (AvgIpc) is 2.04. The SMILES string of the molecule is C=C(c1ccccc1N)N(C)C. The monoisotopic (exact) mass is 162 g/mol. The van der Waals surface area contributed by atoms with Crippen molar-refractivity contribution in [1.82, 2.24) is 4.90 Å². The number of hydrogen-bond donors (Lipinski definition) is 1. The zero-order chi connectivity index (χ0) is 9.14. The van der Waals surface area contributed by atoms with Crippen molar-refractivity contribution >= 4 is 11.4 Å². The molecule has 0 fully saturated rings. The molecule has 0 bridgehead atoms. The van der Waals surface area contributed by atoms with Gasteiger partial charge in [-0.25, -0.2) is 0 Å². The Bertz CT molecular complexity index is 290. The van der Waals surface area contributed by atoms with E-state index in [0.29, 0.717) is 0 Å². The second-order valence-corrected chi connectivity index (χ2v) is 2.93. The van der Waals surface area contributed by atoms with Crippen LogP contribution in [0.3, 0.4) is 0 Å². The van der Waals surface area contributed by atoms with Crippen LogP contribution in [0.2, 0.25) is 0 Å². The summed E-state index contributed by atoms with van der Waals surface area (Å²) in [5, 5.41) is 0. The van der Waals surface area contributed by atoms with Gasteiger partial charge in [-0.15, -0.1) is 0 Å². The average molecular weight is 162 g/mol. The van der Waals surface area contributed by atoms with Gasteiger partial charge in [-0.3, -0.25) is 0 Å². The first-order valence-electron chi connectivity index (χ1n) is 3.84. The minimum Gasteiger partial charge on any atom is -0.398 e. The highest BCUT2D eigenvalue weighted by Gasteiger charge is 2.02. The number of rotatable bonds is 2. The number of anilines is 1. The first kappa shape index (κ1) is 8.65. The molecule has 0 radical (unpaired) electrons. The van der Waals surface area contributed by atoms with Gasteiger partial charge in [0.25, 0.3) is 0 Å². The largest absolute Gasteiger partial charge is 0.398 e. The zero-order valence-electron chi connectivity index (χ0n) is 7.54. The highest BCUT2D eigenvalue weighted by molar-refractivity contribution is 5.72. The second kappa shape index (κ2) is 3.30. The van der Waals surface area contributed by atoms with Gasteiger partial charge in [-0.05, 0) is 6.07 Å². The van der Waals surface area contributed by atoms with E-state index in [4.69, 9.17) is 5.73 Å². The van der Waals surface area contributed by atoms with E-state index >= 15 is 0 Å². The number of nitrogens with zero attached hydrogens (tertiary/aromatic N) is 1. The number of hydrogen-bond acceptors (Lipinski definition) is 2. The topological polar surface area (TPSA) is 29.3 Å². The molecule has 0 unspecified atom stereocenters. The molecule has 0 saturated heterocycles. The molecule has 0 amide bonds. The third-order valence-corrected chi connectivity index (χ3v) is 1.81. The third kappa shape index (κ3) is 1.59. The molecule has 0 heterocycles. The molecule has 1 aromatic carbocycles. The Balaban J connectivity index is 3.03. The van der Waals surface area contributed by atoms with Crippen LogP contribution in [0.1, 0.15) is 5.56 Å². The van der Waals surface area contributed by atoms with Crippen molar-refractivity contribution in [2.75, 3.05) is 19.8 Å².